The van der Waals surface area contributed by atoms with Gasteiger partial charge < -0.3 is 39.1 Å². The van der Waals surface area contributed by atoms with Gasteiger partial charge in [-0.25, -0.2) is 4.79 Å². The molecule has 0 saturated carbocycles. The number of hydrogen-bond donors (Lipinski definition) is 4. The molecule has 4 rings (SSSR count). The lowest BCUT2D eigenvalue weighted by molar-refractivity contribution is -0.277. The third-order valence-corrected chi connectivity index (χ3v) is 5.47. The fourth-order valence-electron chi connectivity index (χ4n) is 3.78. The third kappa shape index (κ3) is 3.72. The summed E-state index contributed by atoms with van der Waals surface area (Å²) in [5.41, 5.74) is -0.387. The van der Waals surface area contributed by atoms with Gasteiger partial charge >= 0.3 is 5.63 Å². The number of ether oxygens (including phenoxy) is 3. The van der Waals surface area contributed by atoms with Gasteiger partial charge in [-0.15, -0.1) is 0 Å². The SMILES string of the molecule is COc1ccc2c(=O)oc3cc(O[C@@H]4O[C@H](CO)[C@@H](O)[C@H](O)[C@H]4O)cc(C(C)=O)c3c2c1. The number of aliphatic hydroxyl groups excluding tert-OH is 4. The van der Waals surface area contributed by atoms with Crippen molar-refractivity contribution in [2.45, 2.75) is 37.6 Å². The molecule has 2 heterocycles. The minimum Gasteiger partial charge on any atom is -0.497 e. The molecule has 3 aromatic rings. The number of aliphatic hydroxyl groups is 4. The summed E-state index contributed by atoms with van der Waals surface area (Å²) in [5, 5.41) is 40.6. The Labute approximate surface area is 181 Å². The van der Waals surface area contributed by atoms with Gasteiger partial charge in [0.15, 0.2) is 5.78 Å². The van der Waals surface area contributed by atoms with E-state index < -0.39 is 42.9 Å². The minimum atomic E-state index is -1.64. The molecule has 0 amide bonds. The molecule has 2 aromatic carbocycles. The second-order valence-electron chi connectivity index (χ2n) is 7.52. The summed E-state index contributed by atoms with van der Waals surface area (Å²) in [7, 11) is 1.48. The van der Waals surface area contributed by atoms with Crippen LogP contribution in [0.2, 0.25) is 0 Å². The van der Waals surface area contributed by atoms with Gasteiger partial charge in [0.1, 0.15) is 41.5 Å². The lowest BCUT2D eigenvalue weighted by atomic mass is 9.99. The second kappa shape index (κ2) is 8.49. The highest BCUT2D eigenvalue weighted by Crippen LogP contribution is 2.34. The predicted molar refractivity (Wildman–Crippen MR) is 111 cm³/mol. The summed E-state index contributed by atoms with van der Waals surface area (Å²) < 4.78 is 21.6. The zero-order valence-electron chi connectivity index (χ0n) is 17.2. The quantitative estimate of drug-likeness (QED) is 0.245. The maximum Gasteiger partial charge on any atom is 0.344 e. The fraction of sp³-hybridized carbons (Fsp3) is 0.364. The highest BCUT2D eigenvalue weighted by molar-refractivity contribution is 6.16. The summed E-state index contributed by atoms with van der Waals surface area (Å²) in [6.07, 6.45) is -7.45. The molecule has 5 atom stereocenters. The van der Waals surface area contributed by atoms with Crippen molar-refractivity contribution < 1.29 is 43.8 Å². The summed E-state index contributed by atoms with van der Waals surface area (Å²) >= 11 is 0. The molecule has 4 N–H and O–H groups in total. The zero-order chi connectivity index (χ0) is 23.2. The summed E-state index contributed by atoms with van der Waals surface area (Å²) in [6.45, 7) is 0.716. The Hall–Kier alpha value is -3.02. The van der Waals surface area contributed by atoms with E-state index in [1.165, 1.54) is 26.2 Å². The number of benzene rings is 2. The molecule has 0 unspecified atom stereocenters. The monoisotopic (exact) mass is 446 g/mol. The molecule has 0 bridgehead atoms. The molecule has 1 aromatic heterocycles. The molecular weight excluding hydrogens is 424 g/mol. The number of methoxy groups -OCH3 is 1. The second-order valence-corrected chi connectivity index (χ2v) is 7.52. The van der Waals surface area contributed by atoms with Crippen LogP contribution in [0, 0.1) is 0 Å². The first-order valence-electron chi connectivity index (χ1n) is 9.82. The summed E-state index contributed by atoms with van der Waals surface area (Å²) in [5.74, 6) is 0.158. The molecule has 1 fully saturated rings. The van der Waals surface area contributed by atoms with Crippen molar-refractivity contribution in [3.05, 3.63) is 46.3 Å². The van der Waals surface area contributed by atoms with E-state index in [1.807, 2.05) is 0 Å². The van der Waals surface area contributed by atoms with Crippen LogP contribution in [0.3, 0.4) is 0 Å². The molecule has 1 aliphatic rings. The largest absolute Gasteiger partial charge is 0.497 e. The van der Waals surface area contributed by atoms with Crippen LogP contribution in [0.5, 0.6) is 11.5 Å². The maximum absolute atomic E-state index is 12.5. The highest BCUT2D eigenvalue weighted by Gasteiger charge is 2.44. The van der Waals surface area contributed by atoms with Gasteiger partial charge in [-0.2, -0.15) is 0 Å². The highest BCUT2D eigenvalue weighted by atomic mass is 16.7. The Morgan fingerprint density at radius 1 is 1.03 bits per heavy atom. The molecular formula is C22H22O10. The number of carbonyl (C=O) groups is 1. The number of hydrogen-bond acceptors (Lipinski definition) is 10. The van der Waals surface area contributed by atoms with E-state index in [0.29, 0.717) is 16.5 Å². The van der Waals surface area contributed by atoms with Crippen LogP contribution in [0.25, 0.3) is 21.7 Å². The predicted octanol–water partition coefficient (Wildman–Crippen LogP) is 0.336. The lowest BCUT2D eigenvalue weighted by Crippen LogP contribution is -2.60. The number of fused-ring (bicyclic) bond motifs is 3. The zero-order valence-corrected chi connectivity index (χ0v) is 17.2. The first-order chi connectivity index (χ1) is 15.2. The van der Waals surface area contributed by atoms with Crippen molar-refractivity contribution >= 4 is 27.5 Å². The molecule has 10 heteroatoms. The normalized spacial score (nSPS) is 25.8. The number of Topliss-reactive ketones (excluding diaryl/α,β-unsaturated/α-hetero) is 1. The van der Waals surface area contributed by atoms with Gasteiger partial charge in [0.2, 0.25) is 6.29 Å². The van der Waals surface area contributed by atoms with Gasteiger partial charge in [-0.3, -0.25) is 4.79 Å². The summed E-state index contributed by atoms with van der Waals surface area (Å²) in [6, 6.07) is 7.52. The van der Waals surface area contributed by atoms with Crippen LogP contribution in [0.1, 0.15) is 17.3 Å². The average molecular weight is 446 g/mol. The molecule has 1 aliphatic heterocycles. The Bertz CT molecular complexity index is 1230. The Morgan fingerprint density at radius 2 is 1.78 bits per heavy atom. The first-order valence-corrected chi connectivity index (χ1v) is 9.82. The fourth-order valence-corrected chi connectivity index (χ4v) is 3.78. The van der Waals surface area contributed by atoms with Crippen molar-refractivity contribution in [1.29, 1.82) is 0 Å². The number of ketones is 1. The molecule has 0 aliphatic carbocycles. The number of carbonyl (C=O) groups excluding carboxylic acids is 1. The Morgan fingerprint density at radius 3 is 2.44 bits per heavy atom. The Balaban J connectivity index is 1.85. The van der Waals surface area contributed by atoms with E-state index in [1.54, 1.807) is 18.2 Å². The van der Waals surface area contributed by atoms with Gasteiger partial charge in [0.05, 0.1) is 19.1 Å². The maximum atomic E-state index is 12.5. The molecule has 32 heavy (non-hydrogen) atoms. The van der Waals surface area contributed by atoms with Crippen molar-refractivity contribution in [2.75, 3.05) is 13.7 Å². The van der Waals surface area contributed by atoms with Crippen molar-refractivity contribution in [3.63, 3.8) is 0 Å². The molecule has 170 valence electrons. The Kier molecular flexibility index (Phi) is 5.89. The van der Waals surface area contributed by atoms with E-state index in [-0.39, 0.29) is 28.1 Å². The van der Waals surface area contributed by atoms with Crippen molar-refractivity contribution in [3.8, 4) is 11.5 Å². The minimum absolute atomic E-state index is 0.0115. The smallest absolute Gasteiger partial charge is 0.344 e. The number of rotatable bonds is 5. The van der Waals surface area contributed by atoms with Crippen molar-refractivity contribution in [1.82, 2.24) is 0 Å². The first kappa shape index (κ1) is 22.2. The van der Waals surface area contributed by atoms with Crippen LogP contribution < -0.4 is 15.1 Å². The van der Waals surface area contributed by atoms with Gasteiger partial charge in [-0.1, -0.05) is 0 Å². The van der Waals surface area contributed by atoms with Gasteiger partial charge in [0, 0.05) is 22.4 Å². The van der Waals surface area contributed by atoms with Crippen molar-refractivity contribution in [2.24, 2.45) is 0 Å². The average Bonchev–Trinajstić information content (AvgIpc) is 2.78. The van der Waals surface area contributed by atoms with Crippen LogP contribution in [-0.2, 0) is 4.74 Å². The van der Waals surface area contributed by atoms with E-state index in [9.17, 15) is 30.0 Å². The van der Waals surface area contributed by atoms with E-state index >= 15 is 0 Å². The third-order valence-electron chi connectivity index (χ3n) is 5.47. The molecule has 1 saturated heterocycles. The van der Waals surface area contributed by atoms with Crippen LogP contribution in [-0.4, -0.2) is 70.6 Å². The van der Waals surface area contributed by atoms with Crippen LogP contribution in [0.4, 0.5) is 0 Å². The van der Waals surface area contributed by atoms with Gasteiger partial charge in [0.25, 0.3) is 0 Å². The lowest BCUT2D eigenvalue weighted by Gasteiger charge is -2.39. The summed E-state index contributed by atoms with van der Waals surface area (Å²) in [4.78, 5) is 25.0. The molecule has 10 nitrogen and oxygen atoms in total. The van der Waals surface area contributed by atoms with E-state index in [2.05, 4.69) is 0 Å². The topological polar surface area (TPSA) is 156 Å². The van der Waals surface area contributed by atoms with Gasteiger partial charge in [-0.05, 0) is 31.2 Å². The standard InChI is InChI=1S/C22H22O10/c1-9(24)13-6-11(30-22-20(27)19(26)18(25)16(8-23)32-22)7-15-17(13)14-5-10(29-2)3-4-12(14)21(28)31-15/h3-7,16,18-20,22-23,25-27H,8H2,1-2H3/t16-,18-,19+,20-,22-/m1/s1. The van der Waals surface area contributed by atoms with E-state index in [4.69, 9.17) is 18.6 Å². The van der Waals surface area contributed by atoms with Crippen LogP contribution >= 0.6 is 0 Å². The van der Waals surface area contributed by atoms with E-state index in [0.717, 1.165) is 0 Å². The molecule has 0 spiro atoms. The van der Waals surface area contributed by atoms with Crippen LogP contribution in [0.15, 0.2) is 39.5 Å². The molecule has 0 radical (unpaired) electrons.